The van der Waals surface area contributed by atoms with Crippen molar-refractivity contribution in [3.63, 3.8) is 0 Å². The van der Waals surface area contributed by atoms with E-state index in [1.807, 2.05) is 19.1 Å². The van der Waals surface area contributed by atoms with Crippen LogP contribution in [0.2, 0.25) is 0 Å². The number of amides is 2. The molecule has 0 saturated heterocycles. The highest BCUT2D eigenvalue weighted by Gasteiger charge is 2.09. The number of nitrogens with one attached hydrogen (secondary N) is 2. The van der Waals surface area contributed by atoms with E-state index in [1.165, 1.54) is 12.1 Å². The molecule has 0 unspecified atom stereocenters. The summed E-state index contributed by atoms with van der Waals surface area (Å²) >= 11 is 3.37. The summed E-state index contributed by atoms with van der Waals surface area (Å²) in [5.41, 5.74) is 2.27. The Kier molecular flexibility index (Phi) is 5.87. The second kappa shape index (κ2) is 7.87. The molecule has 0 saturated carbocycles. The Morgan fingerprint density at radius 2 is 1.91 bits per heavy atom. The van der Waals surface area contributed by atoms with Crippen LogP contribution in [0.1, 0.15) is 11.1 Å². The summed E-state index contributed by atoms with van der Waals surface area (Å²) in [5, 5.41) is 5.22. The first-order valence-electron chi connectivity index (χ1n) is 7.01. The van der Waals surface area contributed by atoms with Gasteiger partial charge in [0.2, 0.25) is 11.8 Å². The second-order valence-electron chi connectivity index (χ2n) is 5.11. The molecule has 0 aliphatic rings. The average Bonchev–Trinajstić information content (AvgIpc) is 2.48. The van der Waals surface area contributed by atoms with Crippen molar-refractivity contribution in [3.8, 4) is 0 Å². The molecule has 2 N–H and O–H groups in total. The first-order valence-corrected chi connectivity index (χ1v) is 7.80. The molecule has 0 heterocycles. The molecule has 0 bridgehead atoms. The molecular formula is C17H16BrFN2O2. The van der Waals surface area contributed by atoms with Gasteiger partial charge in [0.25, 0.3) is 0 Å². The zero-order valence-corrected chi connectivity index (χ0v) is 14.1. The number of benzene rings is 2. The number of carbonyl (C=O) groups excluding carboxylic acids is 2. The van der Waals surface area contributed by atoms with E-state index in [-0.39, 0.29) is 24.8 Å². The Labute approximate surface area is 142 Å². The van der Waals surface area contributed by atoms with Crippen LogP contribution in [-0.4, -0.2) is 18.4 Å². The Morgan fingerprint density at radius 3 is 2.61 bits per heavy atom. The lowest BCUT2D eigenvalue weighted by Crippen LogP contribution is -2.33. The monoisotopic (exact) mass is 378 g/mol. The molecule has 0 aromatic heterocycles. The van der Waals surface area contributed by atoms with Crippen LogP contribution in [0.25, 0.3) is 0 Å². The van der Waals surface area contributed by atoms with Crippen LogP contribution in [0.4, 0.5) is 10.1 Å². The van der Waals surface area contributed by atoms with Gasteiger partial charge in [-0.2, -0.15) is 0 Å². The van der Waals surface area contributed by atoms with E-state index in [2.05, 4.69) is 26.6 Å². The van der Waals surface area contributed by atoms with Crippen molar-refractivity contribution < 1.29 is 14.0 Å². The largest absolute Gasteiger partial charge is 0.347 e. The van der Waals surface area contributed by atoms with E-state index in [0.29, 0.717) is 11.3 Å². The number of carbonyl (C=O) groups is 2. The van der Waals surface area contributed by atoms with Crippen molar-refractivity contribution in [2.24, 2.45) is 0 Å². The topological polar surface area (TPSA) is 58.2 Å². The molecule has 0 radical (unpaired) electrons. The number of hydrogen-bond acceptors (Lipinski definition) is 2. The lowest BCUT2D eigenvalue weighted by Gasteiger charge is -2.09. The predicted molar refractivity (Wildman–Crippen MR) is 90.6 cm³/mol. The van der Waals surface area contributed by atoms with Gasteiger partial charge in [0.15, 0.2) is 0 Å². The van der Waals surface area contributed by atoms with E-state index in [4.69, 9.17) is 0 Å². The van der Waals surface area contributed by atoms with Crippen molar-refractivity contribution in [1.82, 2.24) is 5.32 Å². The molecule has 0 aliphatic heterocycles. The van der Waals surface area contributed by atoms with Gasteiger partial charge < -0.3 is 10.6 Å². The Hall–Kier alpha value is -2.21. The molecule has 2 aromatic carbocycles. The molecule has 2 aromatic rings. The van der Waals surface area contributed by atoms with Crippen LogP contribution >= 0.6 is 15.9 Å². The molecular weight excluding hydrogens is 363 g/mol. The standard InChI is InChI=1S/C17H16BrFN2O2/c1-11-5-6-15(14(18)7-11)21-17(23)10-20-16(22)9-12-3-2-4-13(19)8-12/h2-8H,9-10H2,1H3,(H,20,22)(H,21,23). The second-order valence-corrected chi connectivity index (χ2v) is 5.97. The third-order valence-corrected chi connectivity index (χ3v) is 3.75. The highest BCUT2D eigenvalue weighted by molar-refractivity contribution is 9.10. The van der Waals surface area contributed by atoms with E-state index in [0.717, 1.165) is 10.0 Å². The lowest BCUT2D eigenvalue weighted by atomic mass is 10.1. The van der Waals surface area contributed by atoms with Gasteiger partial charge in [-0.25, -0.2) is 4.39 Å². The van der Waals surface area contributed by atoms with Gasteiger partial charge in [0.1, 0.15) is 5.82 Å². The van der Waals surface area contributed by atoms with Gasteiger partial charge in [0.05, 0.1) is 18.7 Å². The maximum atomic E-state index is 13.0. The van der Waals surface area contributed by atoms with Crippen molar-refractivity contribution in [2.45, 2.75) is 13.3 Å². The van der Waals surface area contributed by atoms with Gasteiger partial charge in [-0.3, -0.25) is 9.59 Å². The van der Waals surface area contributed by atoms with Crippen LogP contribution in [0.5, 0.6) is 0 Å². The van der Waals surface area contributed by atoms with Gasteiger partial charge in [0, 0.05) is 4.47 Å². The van der Waals surface area contributed by atoms with Crippen molar-refractivity contribution in [3.05, 3.63) is 63.9 Å². The van der Waals surface area contributed by atoms with Gasteiger partial charge in [-0.05, 0) is 58.2 Å². The molecule has 0 aliphatic carbocycles. The molecule has 0 atom stereocenters. The number of anilines is 1. The normalized spacial score (nSPS) is 10.2. The number of rotatable bonds is 5. The average molecular weight is 379 g/mol. The molecule has 0 spiro atoms. The summed E-state index contributed by atoms with van der Waals surface area (Å²) in [6, 6.07) is 11.4. The van der Waals surface area contributed by atoms with Crippen molar-refractivity contribution >= 4 is 33.4 Å². The van der Waals surface area contributed by atoms with Crippen molar-refractivity contribution in [2.75, 3.05) is 11.9 Å². The fourth-order valence-corrected chi connectivity index (χ4v) is 2.58. The quantitative estimate of drug-likeness (QED) is 0.839. The summed E-state index contributed by atoms with van der Waals surface area (Å²) in [4.78, 5) is 23.6. The predicted octanol–water partition coefficient (Wildman–Crippen LogP) is 3.19. The van der Waals surface area contributed by atoms with Crippen LogP contribution in [-0.2, 0) is 16.0 Å². The molecule has 23 heavy (non-hydrogen) atoms. The fraction of sp³-hybridized carbons (Fsp3) is 0.176. The summed E-state index contributed by atoms with van der Waals surface area (Å²) < 4.78 is 13.8. The van der Waals surface area contributed by atoms with Crippen LogP contribution < -0.4 is 10.6 Å². The van der Waals surface area contributed by atoms with E-state index >= 15 is 0 Å². The van der Waals surface area contributed by atoms with Crippen LogP contribution in [0.15, 0.2) is 46.9 Å². The number of hydrogen-bond donors (Lipinski definition) is 2. The van der Waals surface area contributed by atoms with Crippen molar-refractivity contribution in [1.29, 1.82) is 0 Å². The molecule has 0 fully saturated rings. The maximum absolute atomic E-state index is 13.0. The minimum absolute atomic E-state index is 0.0270. The Balaban J connectivity index is 1.83. The van der Waals surface area contributed by atoms with Crippen LogP contribution in [0.3, 0.4) is 0 Å². The summed E-state index contributed by atoms with van der Waals surface area (Å²) in [5.74, 6) is -1.06. The van der Waals surface area contributed by atoms with Gasteiger partial charge in [-0.1, -0.05) is 18.2 Å². The van der Waals surface area contributed by atoms with Gasteiger partial charge in [-0.15, -0.1) is 0 Å². The Morgan fingerprint density at radius 1 is 1.13 bits per heavy atom. The molecule has 4 nitrogen and oxygen atoms in total. The molecule has 2 amide bonds. The summed E-state index contributed by atoms with van der Waals surface area (Å²) in [6.45, 7) is 1.80. The number of halogens is 2. The first kappa shape index (κ1) is 17.1. The van der Waals surface area contributed by atoms with E-state index in [1.54, 1.807) is 18.2 Å². The highest BCUT2D eigenvalue weighted by Crippen LogP contribution is 2.23. The molecule has 2 rings (SSSR count). The number of aryl methyl sites for hydroxylation is 1. The van der Waals surface area contributed by atoms with E-state index < -0.39 is 5.82 Å². The minimum Gasteiger partial charge on any atom is -0.347 e. The SMILES string of the molecule is Cc1ccc(NC(=O)CNC(=O)Cc2cccc(F)c2)c(Br)c1. The third kappa shape index (κ3) is 5.49. The minimum atomic E-state index is -0.391. The molecule has 6 heteroatoms. The Bertz CT molecular complexity index is 734. The van der Waals surface area contributed by atoms with Gasteiger partial charge >= 0.3 is 0 Å². The smallest absolute Gasteiger partial charge is 0.243 e. The summed E-state index contributed by atoms with van der Waals surface area (Å²) in [6.07, 6.45) is 0.0270. The first-order chi connectivity index (χ1) is 10.9. The summed E-state index contributed by atoms with van der Waals surface area (Å²) in [7, 11) is 0. The highest BCUT2D eigenvalue weighted by atomic mass is 79.9. The zero-order chi connectivity index (χ0) is 16.8. The third-order valence-electron chi connectivity index (χ3n) is 3.10. The fourth-order valence-electron chi connectivity index (χ4n) is 1.99. The van der Waals surface area contributed by atoms with E-state index in [9.17, 15) is 14.0 Å². The molecule has 120 valence electrons. The lowest BCUT2D eigenvalue weighted by molar-refractivity contribution is -0.123. The zero-order valence-electron chi connectivity index (χ0n) is 12.5. The maximum Gasteiger partial charge on any atom is 0.243 e. The van der Waals surface area contributed by atoms with Crippen LogP contribution in [0, 0.1) is 12.7 Å².